The molecule has 0 bridgehead atoms. The first-order chi connectivity index (χ1) is 35.0. The number of hydrogen-bond acceptors (Lipinski definition) is 6. The van der Waals surface area contributed by atoms with Crippen molar-refractivity contribution in [2.24, 2.45) is 0 Å². The molecular formula is C63H127N2O6P. The van der Waals surface area contributed by atoms with Crippen LogP contribution in [0.2, 0.25) is 0 Å². The Morgan fingerprint density at radius 1 is 0.472 bits per heavy atom. The van der Waals surface area contributed by atoms with Crippen LogP contribution in [0, 0.1) is 0 Å². The maximum Gasteiger partial charge on any atom is 0.268 e. The molecule has 1 amide bonds. The fraction of sp³-hybridized carbons (Fsp3) is 0.952. The van der Waals surface area contributed by atoms with Crippen LogP contribution in [-0.2, 0) is 18.4 Å². The van der Waals surface area contributed by atoms with Crippen molar-refractivity contribution < 1.29 is 32.9 Å². The summed E-state index contributed by atoms with van der Waals surface area (Å²) < 4.78 is 23.5. The number of carbonyl (C=O) groups excluding carboxylic acids is 1. The number of nitrogens with zero attached hydrogens (tertiary/aromatic N) is 1. The molecule has 0 aliphatic heterocycles. The first-order valence-electron chi connectivity index (χ1n) is 32.0. The molecule has 72 heavy (non-hydrogen) atoms. The molecule has 2 N–H and O–H groups in total. The predicted molar refractivity (Wildman–Crippen MR) is 312 cm³/mol. The number of carbonyl (C=O) groups is 1. The molecule has 0 saturated carbocycles. The van der Waals surface area contributed by atoms with Crippen molar-refractivity contribution in [1.82, 2.24) is 5.32 Å². The maximum absolute atomic E-state index is 13.0. The van der Waals surface area contributed by atoms with Crippen LogP contribution in [0.3, 0.4) is 0 Å². The molecule has 0 heterocycles. The number of phosphoric ester groups is 1. The van der Waals surface area contributed by atoms with Gasteiger partial charge in [-0.15, -0.1) is 0 Å². The lowest BCUT2D eigenvalue weighted by molar-refractivity contribution is -0.870. The van der Waals surface area contributed by atoms with Crippen LogP contribution in [0.5, 0.6) is 0 Å². The van der Waals surface area contributed by atoms with E-state index in [4.69, 9.17) is 9.05 Å². The van der Waals surface area contributed by atoms with E-state index in [2.05, 4.69) is 31.3 Å². The molecule has 0 aromatic carbocycles. The molecule has 0 saturated heterocycles. The molecule has 3 unspecified atom stereocenters. The van der Waals surface area contributed by atoms with Gasteiger partial charge in [0.25, 0.3) is 7.82 Å². The zero-order valence-electron chi connectivity index (χ0n) is 49.2. The van der Waals surface area contributed by atoms with E-state index in [0.717, 1.165) is 38.5 Å². The van der Waals surface area contributed by atoms with E-state index in [0.29, 0.717) is 23.9 Å². The normalized spacial score (nSPS) is 13.8. The molecule has 0 aromatic rings. The summed E-state index contributed by atoms with van der Waals surface area (Å²) >= 11 is 0. The number of amides is 1. The lowest BCUT2D eigenvalue weighted by Gasteiger charge is -2.30. The molecule has 0 aliphatic rings. The lowest BCUT2D eigenvalue weighted by atomic mass is 10.0. The molecule has 430 valence electrons. The Bertz CT molecular complexity index is 1180. The Morgan fingerprint density at radius 3 is 1.08 bits per heavy atom. The number of aliphatic hydroxyl groups is 1. The van der Waals surface area contributed by atoms with E-state index in [-0.39, 0.29) is 19.1 Å². The summed E-state index contributed by atoms with van der Waals surface area (Å²) in [5.41, 5.74) is 0. The number of hydrogen-bond donors (Lipinski definition) is 2. The average Bonchev–Trinajstić information content (AvgIpc) is 3.34. The molecule has 0 fully saturated rings. The van der Waals surface area contributed by atoms with Crippen molar-refractivity contribution in [3.05, 3.63) is 12.2 Å². The number of aliphatic hydroxyl groups excluding tert-OH is 1. The number of quaternary nitrogens is 1. The van der Waals surface area contributed by atoms with Crippen molar-refractivity contribution in [3.63, 3.8) is 0 Å². The molecule has 3 atom stereocenters. The van der Waals surface area contributed by atoms with Gasteiger partial charge in [0.15, 0.2) is 0 Å². The third-order valence-corrected chi connectivity index (χ3v) is 16.0. The Labute approximate surface area is 450 Å². The van der Waals surface area contributed by atoms with Gasteiger partial charge in [-0.1, -0.05) is 302 Å². The van der Waals surface area contributed by atoms with Gasteiger partial charge in [-0.3, -0.25) is 9.36 Å². The van der Waals surface area contributed by atoms with Crippen molar-refractivity contribution in [1.29, 1.82) is 0 Å². The van der Waals surface area contributed by atoms with Crippen LogP contribution in [0.25, 0.3) is 0 Å². The smallest absolute Gasteiger partial charge is 0.268 e. The van der Waals surface area contributed by atoms with Gasteiger partial charge in [0, 0.05) is 6.42 Å². The van der Waals surface area contributed by atoms with Crippen LogP contribution in [-0.4, -0.2) is 68.5 Å². The topological polar surface area (TPSA) is 108 Å². The SMILES string of the molecule is CCCCCCCCCCCCCC/C=C\CCCCCCCCCCCCCCCCC(=O)NC(COP(=O)([O-])OCC[N+](C)(C)C)C(O)CCCCCCCCCCCCCCCCCCCCCC. The van der Waals surface area contributed by atoms with Crippen LogP contribution in [0.1, 0.15) is 335 Å². The van der Waals surface area contributed by atoms with Gasteiger partial charge in [-0.2, -0.15) is 0 Å². The zero-order chi connectivity index (χ0) is 52.7. The summed E-state index contributed by atoms with van der Waals surface area (Å²) in [6, 6.07) is -0.798. The zero-order valence-corrected chi connectivity index (χ0v) is 50.1. The number of allylic oxidation sites excluding steroid dienone is 2. The van der Waals surface area contributed by atoms with Gasteiger partial charge in [0.2, 0.25) is 5.91 Å². The number of unbranched alkanes of at least 4 members (excludes halogenated alkanes) is 45. The highest BCUT2D eigenvalue weighted by Crippen LogP contribution is 2.38. The second kappa shape index (κ2) is 55.0. The summed E-state index contributed by atoms with van der Waals surface area (Å²) in [5.74, 6) is -0.158. The van der Waals surface area contributed by atoms with Crippen LogP contribution in [0.15, 0.2) is 12.2 Å². The van der Waals surface area contributed by atoms with Gasteiger partial charge in [0.05, 0.1) is 39.9 Å². The first kappa shape index (κ1) is 71.2. The Kier molecular flexibility index (Phi) is 54.4. The fourth-order valence-electron chi connectivity index (χ4n) is 9.98. The highest BCUT2D eigenvalue weighted by Gasteiger charge is 2.24. The minimum Gasteiger partial charge on any atom is -0.756 e. The van der Waals surface area contributed by atoms with E-state index in [1.54, 1.807) is 0 Å². The highest BCUT2D eigenvalue weighted by molar-refractivity contribution is 7.45. The molecule has 9 heteroatoms. The quantitative estimate of drug-likeness (QED) is 0.0272. The molecule has 0 rings (SSSR count). The largest absolute Gasteiger partial charge is 0.756 e. The van der Waals surface area contributed by atoms with Gasteiger partial charge in [-0.25, -0.2) is 0 Å². The summed E-state index contributed by atoms with van der Waals surface area (Å²) in [4.78, 5) is 25.6. The van der Waals surface area contributed by atoms with E-state index in [1.807, 2.05) is 21.1 Å². The van der Waals surface area contributed by atoms with Crippen LogP contribution < -0.4 is 10.2 Å². The molecule has 8 nitrogen and oxygen atoms in total. The molecule has 0 aliphatic carbocycles. The minimum absolute atomic E-state index is 0.0153. The van der Waals surface area contributed by atoms with E-state index < -0.39 is 20.0 Å². The maximum atomic E-state index is 13.0. The lowest BCUT2D eigenvalue weighted by Crippen LogP contribution is -2.46. The minimum atomic E-state index is -4.57. The number of nitrogens with one attached hydrogen (secondary N) is 1. The summed E-state index contributed by atoms with van der Waals surface area (Å²) in [6.45, 7) is 4.78. The van der Waals surface area contributed by atoms with Gasteiger partial charge < -0.3 is 28.8 Å². The molecule has 0 spiro atoms. The highest BCUT2D eigenvalue weighted by atomic mass is 31.2. The van der Waals surface area contributed by atoms with E-state index >= 15 is 0 Å². The second-order valence-electron chi connectivity index (χ2n) is 23.5. The second-order valence-corrected chi connectivity index (χ2v) is 24.9. The van der Waals surface area contributed by atoms with Crippen LogP contribution in [0.4, 0.5) is 0 Å². The van der Waals surface area contributed by atoms with Crippen LogP contribution >= 0.6 is 7.82 Å². The van der Waals surface area contributed by atoms with E-state index in [9.17, 15) is 19.4 Å². The molecule has 0 aromatic heterocycles. The van der Waals surface area contributed by atoms with Crippen molar-refractivity contribution in [3.8, 4) is 0 Å². The van der Waals surface area contributed by atoms with Crippen molar-refractivity contribution in [2.45, 2.75) is 347 Å². The monoisotopic (exact) mass is 1040 g/mol. The predicted octanol–water partition coefficient (Wildman–Crippen LogP) is 19.1. The van der Waals surface area contributed by atoms with Gasteiger partial charge >= 0.3 is 0 Å². The molecular weight excluding hydrogens is 912 g/mol. The number of phosphoric acid groups is 1. The van der Waals surface area contributed by atoms with Gasteiger partial charge in [-0.05, 0) is 38.5 Å². The molecule has 0 radical (unpaired) electrons. The Balaban J connectivity index is 4.03. The standard InChI is InChI=1S/C63H127N2O6P/c1-6-8-10-12-14-16-18-20-22-24-26-28-29-30-31-32-33-34-35-36-37-39-41-43-45-47-49-51-53-55-57-63(67)64-61(60-71-72(68,69)70-59-58-65(3,4)5)62(66)56-54-52-50-48-46-44-42-40-38-27-25-23-21-19-17-15-13-11-9-7-2/h30-31,61-62,66H,6-29,32-60H2,1-5H3,(H-,64,67,68,69)/b31-30-. The summed E-state index contributed by atoms with van der Waals surface area (Å²) in [7, 11) is 1.32. The number of likely N-dealkylation sites (N-methyl/N-ethyl adjacent to an activating group) is 1. The van der Waals surface area contributed by atoms with Crippen molar-refractivity contribution >= 4 is 13.7 Å². The Morgan fingerprint density at radius 2 is 0.764 bits per heavy atom. The summed E-state index contributed by atoms with van der Waals surface area (Å²) in [6.07, 6.45) is 68.4. The first-order valence-corrected chi connectivity index (χ1v) is 33.5. The third-order valence-electron chi connectivity index (χ3n) is 15.0. The fourth-order valence-corrected chi connectivity index (χ4v) is 10.7. The number of rotatable bonds is 60. The average molecular weight is 1040 g/mol. The Hall–Kier alpha value is -0.760. The van der Waals surface area contributed by atoms with Crippen molar-refractivity contribution in [2.75, 3.05) is 40.9 Å². The van der Waals surface area contributed by atoms with E-state index in [1.165, 1.54) is 270 Å². The van der Waals surface area contributed by atoms with Gasteiger partial charge in [0.1, 0.15) is 13.2 Å². The third kappa shape index (κ3) is 57.0. The summed E-state index contributed by atoms with van der Waals surface area (Å²) in [5, 5.41) is 14.1.